The summed E-state index contributed by atoms with van der Waals surface area (Å²) >= 11 is 7.16. The SMILES string of the molecule is Cc1sc(NC(=O)c2ccccc2)c(C(=O)O)c1-c1ccc(Cl)cc1. The maximum atomic E-state index is 12.4. The predicted molar refractivity (Wildman–Crippen MR) is 101 cm³/mol. The molecule has 0 radical (unpaired) electrons. The van der Waals surface area contributed by atoms with Crippen LogP contribution in [0.5, 0.6) is 0 Å². The molecule has 2 N–H and O–H groups in total. The molecule has 0 fully saturated rings. The molecule has 126 valence electrons. The Morgan fingerprint density at radius 1 is 1.04 bits per heavy atom. The fourth-order valence-electron chi connectivity index (χ4n) is 2.57. The molecule has 25 heavy (non-hydrogen) atoms. The number of aryl methyl sites for hydroxylation is 1. The van der Waals surface area contributed by atoms with Crippen LogP contribution in [0.2, 0.25) is 5.02 Å². The average molecular weight is 372 g/mol. The van der Waals surface area contributed by atoms with Gasteiger partial charge in [-0.25, -0.2) is 4.79 Å². The van der Waals surface area contributed by atoms with Gasteiger partial charge in [0.15, 0.2) is 0 Å². The monoisotopic (exact) mass is 371 g/mol. The largest absolute Gasteiger partial charge is 0.478 e. The minimum absolute atomic E-state index is 0.0918. The zero-order valence-electron chi connectivity index (χ0n) is 13.2. The fourth-order valence-corrected chi connectivity index (χ4v) is 3.76. The Balaban J connectivity index is 2.03. The number of rotatable bonds is 4. The molecule has 0 aliphatic rings. The third-order valence-corrected chi connectivity index (χ3v) is 4.97. The van der Waals surface area contributed by atoms with E-state index in [0.29, 0.717) is 21.2 Å². The predicted octanol–water partition coefficient (Wildman–Crippen LogP) is 5.33. The van der Waals surface area contributed by atoms with Gasteiger partial charge in [0.05, 0.1) is 0 Å². The first-order chi connectivity index (χ1) is 12.0. The molecule has 4 nitrogen and oxygen atoms in total. The van der Waals surface area contributed by atoms with Crippen LogP contribution in [-0.4, -0.2) is 17.0 Å². The topological polar surface area (TPSA) is 66.4 Å². The number of anilines is 1. The Hall–Kier alpha value is -2.63. The summed E-state index contributed by atoms with van der Waals surface area (Å²) in [5, 5.41) is 13.3. The van der Waals surface area contributed by atoms with E-state index in [9.17, 15) is 14.7 Å². The van der Waals surface area contributed by atoms with Crippen LogP contribution >= 0.6 is 22.9 Å². The fraction of sp³-hybridized carbons (Fsp3) is 0.0526. The molecule has 0 spiro atoms. The normalized spacial score (nSPS) is 10.5. The van der Waals surface area contributed by atoms with Gasteiger partial charge in [-0.2, -0.15) is 0 Å². The van der Waals surface area contributed by atoms with Gasteiger partial charge in [0, 0.05) is 21.0 Å². The lowest BCUT2D eigenvalue weighted by Gasteiger charge is -2.06. The zero-order chi connectivity index (χ0) is 18.0. The first kappa shape index (κ1) is 17.2. The molecule has 2 aromatic carbocycles. The second-order valence-electron chi connectivity index (χ2n) is 5.37. The van der Waals surface area contributed by atoms with Gasteiger partial charge in [-0.3, -0.25) is 4.79 Å². The molecule has 1 heterocycles. The van der Waals surface area contributed by atoms with Crippen LogP contribution < -0.4 is 5.32 Å². The summed E-state index contributed by atoms with van der Waals surface area (Å²) in [4.78, 5) is 25.0. The molecule has 3 rings (SSSR count). The number of carbonyl (C=O) groups is 2. The van der Waals surface area contributed by atoms with Crippen LogP contribution in [0.1, 0.15) is 25.6 Å². The van der Waals surface area contributed by atoms with Gasteiger partial charge in [0.25, 0.3) is 5.91 Å². The lowest BCUT2D eigenvalue weighted by molar-refractivity contribution is 0.0699. The van der Waals surface area contributed by atoms with Gasteiger partial charge in [-0.05, 0) is 36.8 Å². The molecule has 1 aromatic heterocycles. The highest BCUT2D eigenvalue weighted by Gasteiger charge is 2.24. The molecule has 0 atom stereocenters. The van der Waals surface area contributed by atoms with E-state index >= 15 is 0 Å². The van der Waals surface area contributed by atoms with E-state index in [-0.39, 0.29) is 11.5 Å². The number of carboxylic acid groups (broad SMARTS) is 1. The first-order valence-corrected chi connectivity index (χ1v) is 8.66. The Morgan fingerprint density at radius 2 is 1.68 bits per heavy atom. The van der Waals surface area contributed by atoms with Crippen LogP contribution in [0.4, 0.5) is 5.00 Å². The Kier molecular flexibility index (Phi) is 4.88. The van der Waals surface area contributed by atoms with Crippen molar-refractivity contribution in [2.75, 3.05) is 5.32 Å². The number of amides is 1. The molecule has 0 saturated carbocycles. The number of benzene rings is 2. The number of nitrogens with one attached hydrogen (secondary N) is 1. The molecular weight excluding hydrogens is 358 g/mol. The van der Waals surface area contributed by atoms with Crippen LogP contribution in [0.25, 0.3) is 11.1 Å². The van der Waals surface area contributed by atoms with E-state index in [2.05, 4.69) is 5.32 Å². The summed E-state index contributed by atoms with van der Waals surface area (Å²) in [6.07, 6.45) is 0. The van der Waals surface area contributed by atoms with E-state index in [1.165, 1.54) is 11.3 Å². The van der Waals surface area contributed by atoms with E-state index in [1.807, 2.05) is 13.0 Å². The summed E-state index contributed by atoms with van der Waals surface area (Å²) in [6.45, 7) is 1.83. The zero-order valence-corrected chi connectivity index (χ0v) is 14.8. The number of thiophene rings is 1. The van der Waals surface area contributed by atoms with Crippen molar-refractivity contribution in [2.24, 2.45) is 0 Å². The minimum atomic E-state index is -1.09. The Morgan fingerprint density at radius 3 is 2.28 bits per heavy atom. The van der Waals surface area contributed by atoms with E-state index < -0.39 is 5.97 Å². The van der Waals surface area contributed by atoms with Crippen molar-refractivity contribution >= 4 is 39.8 Å². The van der Waals surface area contributed by atoms with Gasteiger partial charge < -0.3 is 10.4 Å². The van der Waals surface area contributed by atoms with Crippen LogP contribution in [-0.2, 0) is 0 Å². The number of carbonyl (C=O) groups excluding carboxylic acids is 1. The molecule has 6 heteroatoms. The summed E-state index contributed by atoms with van der Waals surface area (Å²) in [5.41, 5.74) is 1.90. The van der Waals surface area contributed by atoms with Gasteiger partial charge in [0.1, 0.15) is 10.6 Å². The molecule has 3 aromatic rings. The Labute approximate surface area is 153 Å². The molecule has 0 bridgehead atoms. The third-order valence-electron chi connectivity index (χ3n) is 3.69. The van der Waals surface area contributed by atoms with E-state index in [4.69, 9.17) is 11.6 Å². The Bertz CT molecular complexity index is 933. The van der Waals surface area contributed by atoms with Crippen molar-refractivity contribution in [1.82, 2.24) is 0 Å². The average Bonchev–Trinajstić information content (AvgIpc) is 2.92. The van der Waals surface area contributed by atoms with Gasteiger partial charge in [0.2, 0.25) is 0 Å². The van der Waals surface area contributed by atoms with Gasteiger partial charge in [-0.15, -0.1) is 11.3 Å². The maximum Gasteiger partial charge on any atom is 0.339 e. The third kappa shape index (κ3) is 3.57. The highest BCUT2D eigenvalue weighted by Crippen LogP contribution is 2.40. The summed E-state index contributed by atoms with van der Waals surface area (Å²) in [5.74, 6) is -1.43. The van der Waals surface area contributed by atoms with Gasteiger partial charge in [-0.1, -0.05) is 41.9 Å². The number of carboxylic acids is 1. The second kappa shape index (κ2) is 7.09. The summed E-state index contributed by atoms with van der Waals surface area (Å²) < 4.78 is 0. The van der Waals surface area contributed by atoms with Crippen LogP contribution in [0.3, 0.4) is 0 Å². The van der Waals surface area contributed by atoms with E-state index in [1.54, 1.807) is 48.5 Å². The van der Waals surface area contributed by atoms with Crippen molar-refractivity contribution in [1.29, 1.82) is 0 Å². The summed E-state index contributed by atoms with van der Waals surface area (Å²) in [7, 11) is 0. The lowest BCUT2D eigenvalue weighted by atomic mass is 10.0. The highest BCUT2D eigenvalue weighted by molar-refractivity contribution is 7.17. The van der Waals surface area contributed by atoms with Crippen molar-refractivity contribution in [3.05, 3.63) is 75.6 Å². The first-order valence-electron chi connectivity index (χ1n) is 7.46. The quantitative estimate of drug-likeness (QED) is 0.651. The minimum Gasteiger partial charge on any atom is -0.478 e. The molecule has 0 aliphatic carbocycles. The standard InChI is InChI=1S/C19H14ClNO3S/c1-11-15(12-7-9-14(20)10-8-12)16(19(23)24)18(25-11)21-17(22)13-5-3-2-4-6-13/h2-10H,1H3,(H,21,22)(H,23,24). The smallest absolute Gasteiger partial charge is 0.339 e. The number of aromatic carboxylic acids is 1. The highest BCUT2D eigenvalue weighted by atomic mass is 35.5. The molecule has 1 amide bonds. The number of hydrogen-bond donors (Lipinski definition) is 2. The van der Waals surface area contributed by atoms with Crippen molar-refractivity contribution in [3.8, 4) is 11.1 Å². The molecular formula is C19H14ClNO3S. The number of hydrogen-bond acceptors (Lipinski definition) is 3. The second-order valence-corrected chi connectivity index (χ2v) is 7.03. The maximum absolute atomic E-state index is 12.4. The molecule has 0 saturated heterocycles. The van der Waals surface area contributed by atoms with Crippen molar-refractivity contribution in [2.45, 2.75) is 6.92 Å². The van der Waals surface area contributed by atoms with E-state index in [0.717, 1.165) is 10.4 Å². The summed E-state index contributed by atoms with van der Waals surface area (Å²) in [6, 6.07) is 15.6. The van der Waals surface area contributed by atoms with Crippen molar-refractivity contribution in [3.63, 3.8) is 0 Å². The number of halogens is 1. The van der Waals surface area contributed by atoms with Crippen molar-refractivity contribution < 1.29 is 14.7 Å². The van der Waals surface area contributed by atoms with Crippen LogP contribution in [0, 0.1) is 6.92 Å². The van der Waals surface area contributed by atoms with Crippen LogP contribution in [0.15, 0.2) is 54.6 Å². The lowest BCUT2D eigenvalue weighted by Crippen LogP contribution is -2.13. The molecule has 0 aliphatic heterocycles. The van der Waals surface area contributed by atoms with Gasteiger partial charge >= 0.3 is 5.97 Å². The molecule has 0 unspecified atom stereocenters.